The van der Waals surface area contributed by atoms with E-state index in [0.717, 1.165) is 16.4 Å². The topological polar surface area (TPSA) is 12.4 Å². The summed E-state index contributed by atoms with van der Waals surface area (Å²) >= 11 is 5.93. The summed E-state index contributed by atoms with van der Waals surface area (Å²) in [5.74, 6) is 1.02. The van der Waals surface area contributed by atoms with Crippen LogP contribution in [0.4, 0.5) is 0 Å². The van der Waals surface area contributed by atoms with E-state index in [0.29, 0.717) is 4.48 Å². The van der Waals surface area contributed by atoms with Crippen LogP contribution in [0.15, 0.2) is 41.7 Å². The van der Waals surface area contributed by atoms with Crippen LogP contribution in [-0.2, 0) is 0 Å². The lowest BCUT2D eigenvalue weighted by atomic mass is 10.2. The van der Waals surface area contributed by atoms with E-state index in [1.54, 1.807) is 0 Å². The van der Waals surface area contributed by atoms with Gasteiger partial charge < -0.3 is 0 Å². The SMILES string of the molecule is C[N+]1(C)C=CN=C1c1cccc(Cl)c1. The van der Waals surface area contributed by atoms with Gasteiger partial charge in [-0.25, -0.2) is 0 Å². The van der Waals surface area contributed by atoms with Gasteiger partial charge in [0.15, 0.2) is 0 Å². The van der Waals surface area contributed by atoms with Crippen LogP contribution in [0.25, 0.3) is 0 Å². The van der Waals surface area contributed by atoms with Crippen LogP contribution < -0.4 is 0 Å². The molecule has 3 heteroatoms. The maximum absolute atomic E-state index is 5.93. The second-order valence-electron chi connectivity index (χ2n) is 3.80. The summed E-state index contributed by atoms with van der Waals surface area (Å²) in [5.41, 5.74) is 1.08. The fourth-order valence-corrected chi connectivity index (χ4v) is 1.72. The number of quaternary nitrogens is 1. The van der Waals surface area contributed by atoms with E-state index in [9.17, 15) is 0 Å². The van der Waals surface area contributed by atoms with Gasteiger partial charge in [-0.2, -0.15) is 4.99 Å². The second kappa shape index (κ2) is 3.23. The molecule has 0 saturated heterocycles. The molecule has 0 atom stereocenters. The molecule has 2 rings (SSSR count). The summed E-state index contributed by atoms with van der Waals surface area (Å²) < 4.78 is 0.667. The number of rotatable bonds is 1. The Hall–Kier alpha value is -1.12. The highest BCUT2D eigenvalue weighted by Crippen LogP contribution is 2.19. The van der Waals surface area contributed by atoms with Gasteiger partial charge in [0.2, 0.25) is 5.84 Å². The van der Waals surface area contributed by atoms with Gasteiger partial charge in [0.05, 0.1) is 25.9 Å². The van der Waals surface area contributed by atoms with Crippen molar-refractivity contribution >= 4 is 17.4 Å². The number of halogens is 1. The Balaban J connectivity index is 2.43. The Bertz CT molecular complexity index is 419. The molecule has 0 radical (unpaired) electrons. The normalized spacial score (nSPS) is 18.4. The molecule has 0 saturated carbocycles. The van der Waals surface area contributed by atoms with Crippen molar-refractivity contribution in [1.29, 1.82) is 0 Å². The zero-order valence-electron chi connectivity index (χ0n) is 8.24. The van der Waals surface area contributed by atoms with Crippen molar-refractivity contribution in [3.8, 4) is 0 Å². The summed E-state index contributed by atoms with van der Waals surface area (Å²) in [4.78, 5) is 4.35. The van der Waals surface area contributed by atoms with Gasteiger partial charge in [-0.05, 0) is 18.2 Å². The van der Waals surface area contributed by atoms with E-state index in [4.69, 9.17) is 11.6 Å². The van der Waals surface area contributed by atoms with E-state index < -0.39 is 0 Å². The molecule has 14 heavy (non-hydrogen) atoms. The molecular formula is C11H12ClN2+. The molecule has 1 aliphatic heterocycles. The van der Waals surface area contributed by atoms with Crippen molar-refractivity contribution < 1.29 is 4.48 Å². The Labute approximate surface area is 88.7 Å². The molecule has 0 aromatic heterocycles. The molecule has 2 nitrogen and oxygen atoms in total. The van der Waals surface area contributed by atoms with E-state index in [1.807, 2.05) is 36.7 Å². The van der Waals surface area contributed by atoms with Crippen molar-refractivity contribution in [3.63, 3.8) is 0 Å². The standard InChI is InChI=1S/C11H12ClN2/c1-14(2)7-6-13-11(14)9-4-3-5-10(12)8-9/h3-8H,1-2H3/q+1. The predicted octanol–water partition coefficient (Wildman–Crippen LogP) is 2.65. The van der Waals surface area contributed by atoms with E-state index >= 15 is 0 Å². The van der Waals surface area contributed by atoms with Gasteiger partial charge in [0.1, 0.15) is 6.20 Å². The van der Waals surface area contributed by atoms with Gasteiger partial charge in [-0.1, -0.05) is 17.7 Å². The Kier molecular flexibility index (Phi) is 2.17. The minimum atomic E-state index is 0.667. The van der Waals surface area contributed by atoms with Crippen molar-refractivity contribution in [2.75, 3.05) is 14.1 Å². The molecule has 1 aliphatic rings. The van der Waals surface area contributed by atoms with Crippen LogP contribution in [0.3, 0.4) is 0 Å². The largest absolute Gasteiger partial charge is 0.252 e. The molecule has 1 aromatic carbocycles. The lowest BCUT2D eigenvalue weighted by molar-refractivity contribution is -0.738. The average Bonchev–Trinajstić information content (AvgIpc) is 2.45. The first kappa shape index (κ1) is 9.44. The fraction of sp³-hybridized carbons (Fsp3) is 0.182. The predicted molar refractivity (Wildman–Crippen MR) is 59.2 cm³/mol. The molecular weight excluding hydrogens is 196 g/mol. The zero-order valence-corrected chi connectivity index (χ0v) is 8.99. The van der Waals surface area contributed by atoms with Crippen molar-refractivity contribution in [1.82, 2.24) is 0 Å². The first-order chi connectivity index (χ1) is 6.59. The van der Waals surface area contributed by atoms with E-state index in [1.165, 1.54) is 0 Å². The highest BCUT2D eigenvalue weighted by molar-refractivity contribution is 6.30. The van der Waals surface area contributed by atoms with Gasteiger partial charge in [0.25, 0.3) is 0 Å². The molecule has 0 unspecified atom stereocenters. The molecule has 0 amide bonds. The Morgan fingerprint density at radius 2 is 2.07 bits per heavy atom. The zero-order chi connectivity index (χ0) is 10.2. The third-order valence-corrected chi connectivity index (χ3v) is 2.50. The van der Waals surface area contributed by atoms with Crippen LogP contribution >= 0.6 is 11.6 Å². The maximum atomic E-state index is 5.93. The van der Waals surface area contributed by atoms with Crippen LogP contribution in [0.5, 0.6) is 0 Å². The molecule has 0 N–H and O–H groups in total. The first-order valence-corrected chi connectivity index (χ1v) is 4.83. The van der Waals surface area contributed by atoms with E-state index in [-0.39, 0.29) is 0 Å². The Morgan fingerprint density at radius 3 is 2.64 bits per heavy atom. The monoisotopic (exact) mass is 207 g/mol. The molecule has 0 bridgehead atoms. The van der Waals surface area contributed by atoms with Crippen molar-refractivity contribution in [2.45, 2.75) is 0 Å². The van der Waals surface area contributed by atoms with Crippen LogP contribution in [0.2, 0.25) is 5.02 Å². The molecule has 0 spiro atoms. The summed E-state index contributed by atoms with van der Waals surface area (Å²) in [7, 11) is 4.17. The smallest absolute Gasteiger partial charge is 0.239 e. The van der Waals surface area contributed by atoms with Gasteiger partial charge in [0, 0.05) is 5.02 Å². The fourth-order valence-electron chi connectivity index (χ4n) is 1.52. The van der Waals surface area contributed by atoms with Crippen LogP contribution in [0, 0.1) is 0 Å². The number of hydrogen-bond donors (Lipinski definition) is 0. The maximum Gasteiger partial charge on any atom is 0.239 e. The molecule has 0 fully saturated rings. The lowest BCUT2D eigenvalue weighted by Crippen LogP contribution is -2.38. The summed E-state index contributed by atoms with van der Waals surface area (Å²) in [5, 5.41) is 0.747. The third-order valence-electron chi connectivity index (χ3n) is 2.26. The molecule has 1 aromatic rings. The first-order valence-electron chi connectivity index (χ1n) is 4.45. The summed E-state index contributed by atoms with van der Waals surface area (Å²) in [6.45, 7) is 0. The lowest BCUT2D eigenvalue weighted by Gasteiger charge is -2.21. The number of nitrogens with zero attached hydrogens (tertiary/aromatic N) is 2. The quantitative estimate of drug-likeness (QED) is 0.628. The molecule has 0 aliphatic carbocycles. The van der Waals surface area contributed by atoms with Gasteiger partial charge in [-0.3, -0.25) is 4.48 Å². The number of aliphatic imine (C=N–C) groups is 1. The second-order valence-corrected chi connectivity index (χ2v) is 4.24. The van der Waals surface area contributed by atoms with Crippen LogP contribution in [0.1, 0.15) is 5.56 Å². The molecule has 72 valence electrons. The number of benzene rings is 1. The average molecular weight is 208 g/mol. The minimum Gasteiger partial charge on any atom is -0.252 e. The number of hydrogen-bond acceptors (Lipinski definition) is 1. The van der Waals surface area contributed by atoms with Gasteiger partial charge in [-0.15, -0.1) is 0 Å². The molecule has 1 heterocycles. The highest BCUT2D eigenvalue weighted by Gasteiger charge is 2.26. The van der Waals surface area contributed by atoms with Crippen molar-refractivity contribution in [3.05, 3.63) is 47.3 Å². The Morgan fingerprint density at radius 1 is 1.29 bits per heavy atom. The third kappa shape index (κ3) is 1.59. The van der Waals surface area contributed by atoms with Crippen molar-refractivity contribution in [2.24, 2.45) is 4.99 Å². The highest BCUT2D eigenvalue weighted by atomic mass is 35.5. The van der Waals surface area contributed by atoms with Crippen LogP contribution in [-0.4, -0.2) is 24.4 Å². The minimum absolute atomic E-state index is 0.667. The van der Waals surface area contributed by atoms with Gasteiger partial charge >= 0.3 is 0 Å². The summed E-state index contributed by atoms with van der Waals surface area (Å²) in [6, 6.07) is 7.78. The number of amidine groups is 1. The summed E-state index contributed by atoms with van der Waals surface area (Å²) in [6.07, 6.45) is 3.87. The van der Waals surface area contributed by atoms with E-state index in [2.05, 4.69) is 19.1 Å².